The van der Waals surface area contributed by atoms with Gasteiger partial charge in [0.05, 0.1) is 31.8 Å². The molecule has 1 unspecified atom stereocenters. The van der Waals surface area contributed by atoms with Gasteiger partial charge in [-0.05, 0) is 19.1 Å². The molecule has 0 aromatic heterocycles. The predicted molar refractivity (Wildman–Crippen MR) is 80.5 cm³/mol. The van der Waals surface area contributed by atoms with Gasteiger partial charge in [-0.1, -0.05) is 17.7 Å². The molecule has 1 atom stereocenters. The van der Waals surface area contributed by atoms with Crippen LogP contribution in [0.5, 0.6) is 0 Å². The molecule has 0 spiro atoms. The Bertz CT molecular complexity index is 574. The lowest BCUT2D eigenvalue weighted by Crippen LogP contribution is -2.53. The summed E-state index contributed by atoms with van der Waals surface area (Å²) in [5, 5.41) is 0. The monoisotopic (exact) mass is 329 g/mol. The number of aryl methyl sites for hydroxylation is 1. The molecule has 3 rings (SSSR count). The highest BCUT2D eigenvalue weighted by Crippen LogP contribution is 2.17. The minimum atomic E-state index is -4.27. The zero-order valence-corrected chi connectivity index (χ0v) is 13.8. The number of benzene rings is 1. The summed E-state index contributed by atoms with van der Waals surface area (Å²) >= 11 is 0. The number of hydrogen-bond donors (Lipinski definition) is 0. The number of ether oxygens (including phenoxy) is 2. The molecule has 2 saturated heterocycles. The first-order valence-corrected chi connectivity index (χ1v) is 8.75. The van der Waals surface area contributed by atoms with Crippen LogP contribution in [-0.4, -0.2) is 70.1 Å². The van der Waals surface area contributed by atoms with E-state index in [-0.39, 0.29) is 4.90 Å². The summed E-state index contributed by atoms with van der Waals surface area (Å²) in [6.45, 7) is 8.13. The molecule has 2 heterocycles. The van der Waals surface area contributed by atoms with Gasteiger partial charge in [-0.2, -0.15) is 0 Å². The second-order valence-corrected chi connectivity index (χ2v) is 7.46. The van der Waals surface area contributed by atoms with Gasteiger partial charge in [-0.25, -0.2) is 8.42 Å². The molecule has 2 aliphatic rings. The molecule has 0 bridgehead atoms. The maximum Gasteiger partial charge on any atom is 0.130 e. The van der Waals surface area contributed by atoms with Crippen molar-refractivity contribution in [3.63, 3.8) is 0 Å². The molecule has 1 aromatic rings. The standard InChI is InChI=1S/C8H16NO2.C7H8O3S/c1-9(6-8-7-11-8)2-4-10-5-3-9;1-6-2-4-7(5-3-6)11(8,9)10/h8H,2-7H2,1H3;2-5H,1H3,(H,8,9,10)/q+1;/p-1. The van der Waals surface area contributed by atoms with Crippen LogP contribution in [0.25, 0.3) is 0 Å². The summed E-state index contributed by atoms with van der Waals surface area (Å²) in [6, 6.07) is 5.78. The molecule has 1 aromatic carbocycles. The van der Waals surface area contributed by atoms with Crippen molar-refractivity contribution < 1.29 is 26.9 Å². The molecule has 7 heteroatoms. The van der Waals surface area contributed by atoms with Crippen LogP contribution in [0, 0.1) is 6.92 Å². The van der Waals surface area contributed by atoms with E-state index in [1.807, 2.05) is 6.92 Å². The van der Waals surface area contributed by atoms with Crippen LogP contribution in [0.15, 0.2) is 29.2 Å². The maximum absolute atomic E-state index is 10.4. The highest BCUT2D eigenvalue weighted by atomic mass is 32.2. The molecule has 124 valence electrons. The quantitative estimate of drug-likeness (QED) is 0.465. The van der Waals surface area contributed by atoms with Gasteiger partial charge in [-0.15, -0.1) is 0 Å². The van der Waals surface area contributed by atoms with Gasteiger partial charge < -0.3 is 18.5 Å². The van der Waals surface area contributed by atoms with Crippen LogP contribution in [0.2, 0.25) is 0 Å². The Balaban J connectivity index is 0.000000160. The van der Waals surface area contributed by atoms with E-state index in [4.69, 9.17) is 9.47 Å². The van der Waals surface area contributed by atoms with Crippen molar-refractivity contribution in [3.05, 3.63) is 29.8 Å². The smallest absolute Gasteiger partial charge is 0.130 e. The number of epoxide rings is 1. The van der Waals surface area contributed by atoms with Crippen LogP contribution < -0.4 is 0 Å². The van der Waals surface area contributed by atoms with E-state index in [1.165, 1.54) is 18.7 Å². The number of likely N-dealkylation sites (N-methyl/N-ethyl adjacent to an activating group) is 1. The lowest BCUT2D eigenvalue weighted by atomic mass is 10.2. The molecule has 0 radical (unpaired) electrons. The zero-order valence-electron chi connectivity index (χ0n) is 13.0. The SMILES string of the molecule is C[N+]1(CC2CO2)CCOCC1.Cc1ccc(S(=O)(=O)[O-])cc1. The van der Waals surface area contributed by atoms with Gasteiger partial charge in [0.1, 0.15) is 35.9 Å². The first-order chi connectivity index (χ1) is 10.3. The molecule has 0 saturated carbocycles. The van der Waals surface area contributed by atoms with Crippen LogP contribution >= 0.6 is 0 Å². The van der Waals surface area contributed by atoms with Crippen molar-refractivity contribution in [2.75, 3.05) is 46.5 Å². The second-order valence-electron chi connectivity index (χ2n) is 6.08. The van der Waals surface area contributed by atoms with Gasteiger partial charge in [0.15, 0.2) is 0 Å². The van der Waals surface area contributed by atoms with Crippen molar-refractivity contribution >= 4 is 10.1 Å². The van der Waals surface area contributed by atoms with E-state index in [0.29, 0.717) is 6.10 Å². The molecule has 2 aliphatic heterocycles. The molecular weight excluding hydrogens is 306 g/mol. The van der Waals surface area contributed by atoms with Gasteiger partial charge in [0.2, 0.25) is 0 Å². The highest BCUT2D eigenvalue weighted by Gasteiger charge is 2.35. The Morgan fingerprint density at radius 1 is 1.23 bits per heavy atom. The van der Waals surface area contributed by atoms with E-state index in [9.17, 15) is 13.0 Å². The van der Waals surface area contributed by atoms with E-state index in [1.54, 1.807) is 12.1 Å². The lowest BCUT2D eigenvalue weighted by Gasteiger charge is -2.37. The number of morpholine rings is 1. The maximum atomic E-state index is 10.4. The summed E-state index contributed by atoms with van der Waals surface area (Å²) in [4.78, 5) is -0.178. The number of rotatable bonds is 3. The van der Waals surface area contributed by atoms with Crippen molar-refractivity contribution in [2.24, 2.45) is 0 Å². The number of quaternary nitrogens is 1. The summed E-state index contributed by atoms with van der Waals surface area (Å²) in [6.07, 6.45) is 0.554. The minimum absolute atomic E-state index is 0.178. The zero-order chi connectivity index (χ0) is 16.2. The topological polar surface area (TPSA) is 79.0 Å². The van der Waals surface area contributed by atoms with Crippen molar-refractivity contribution in [1.82, 2.24) is 0 Å². The fraction of sp³-hybridized carbons (Fsp3) is 0.600. The van der Waals surface area contributed by atoms with Crippen LogP contribution in [0.3, 0.4) is 0 Å². The summed E-state index contributed by atoms with van der Waals surface area (Å²) < 4.78 is 42.8. The Kier molecular flexibility index (Phi) is 5.57. The first-order valence-electron chi connectivity index (χ1n) is 7.34. The fourth-order valence-corrected chi connectivity index (χ4v) is 2.81. The number of nitrogens with zero attached hydrogens (tertiary/aromatic N) is 1. The molecular formula is C15H23NO5S. The van der Waals surface area contributed by atoms with Gasteiger partial charge >= 0.3 is 0 Å². The Labute approximate surface area is 132 Å². The third kappa shape index (κ3) is 5.66. The normalized spacial score (nSPS) is 23.3. The average molecular weight is 329 g/mol. The van der Waals surface area contributed by atoms with Crippen LogP contribution in [0.4, 0.5) is 0 Å². The van der Waals surface area contributed by atoms with Gasteiger partial charge in [0.25, 0.3) is 0 Å². The first kappa shape index (κ1) is 17.4. The molecule has 0 aliphatic carbocycles. The van der Waals surface area contributed by atoms with Crippen molar-refractivity contribution in [2.45, 2.75) is 17.9 Å². The lowest BCUT2D eigenvalue weighted by molar-refractivity contribution is -0.917. The van der Waals surface area contributed by atoms with E-state index >= 15 is 0 Å². The molecule has 0 N–H and O–H groups in total. The highest BCUT2D eigenvalue weighted by molar-refractivity contribution is 7.85. The molecule has 6 nitrogen and oxygen atoms in total. The van der Waals surface area contributed by atoms with Crippen LogP contribution in [-0.2, 0) is 19.6 Å². The molecule has 2 fully saturated rings. The van der Waals surface area contributed by atoms with Crippen LogP contribution in [0.1, 0.15) is 5.56 Å². The van der Waals surface area contributed by atoms with Gasteiger partial charge in [-0.3, -0.25) is 0 Å². The van der Waals surface area contributed by atoms with E-state index in [0.717, 1.165) is 43.0 Å². The minimum Gasteiger partial charge on any atom is -0.744 e. The van der Waals surface area contributed by atoms with E-state index < -0.39 is 10.1 Å². The Hall–Kier alpha value is -0.990. The molecule has 0 amide bonds. The predicted octanol–water partition coefficient (Wildman–Crippen LogP) is 0.761. The number of hydrogen-bond acceptors (Lipinski definition) is 5. The Morgan fingerprint density at radius 2 is 1.77 bits per heavy atom. The van der Waals surface area contributed by atoms with Crippen molar-refractivity contribution in [1.29, 1.82) is 0 Å². The second kappa shape index (κ2) is 7.06. The fourth-order valence-electron chi connectivity index (χ4n) is 2.34. The largest absolute Gasteiger partial charge is 0.744 e. The Morgan fingerprint density at radius 3 is 2.23 bits per heavy atom. The third-order valence-electron chi connectivity index (χ3n) is 3.91. The summed E-state index contributed by atoms with van der Waals surface area (Å²) in [7, 11) is -1.97. The average Bonchev–Trinajstić information content (AvgIpc) is 3.23. The van der Waals surface area contributed by atoms with Crippen molar-refractivity contribution in [3.8, 4) is 0 Å². The molecule has 22 heavy (non-hydrogen) atoms. The summed E-state index contributed by atoms with van der Waals surface area (Å²) in [5.41, 5.74) is 0.928. The third-order valence-corrected chi connectivity index (χ3v) is 4.76. The van der Waals surface area contributed by atoms with E-state index in [2.05, 4.69) is 7.05 Å². The van der Waals surface area contributed by atoms with Gasteiger partial charge in [0, 0.05) is 0 Å². The summed E-state index contributed by atoms with van der Waals surface area (Å²) in [5.74, 6) is 0.